The number of amides is 1. The van der Waals surface area contributed by atoms with Crippen LogP contribution in [0, 0.1) is 16.7 Å². The van der Waals surface area contributed by atoms with Gasteiger partial charge in [-0.15, -0.1) is 11.8 Å². The fraction of sp³-hybridized carbons (Fsp3) is 0.316. The number of hydrogen-bond acceptors (Lipinski definition) is 4. The average molecular weight is 339 g/mol. The van der Waals surface area contributed by atoms with Gasteiger partial charge in [0, 0.05) is 28.7 Å². The highest BCUT2D eigenvalue weighted by molar-refractivity contribution is 7.98. The molecule has 1 heterocycles. The molecule has 0 aliphatic heterocycles. The van der Waals surface area contributed by atoms with Gasteiger partial charge in [0.2, 0.25) is 5.91 Å². The molecule has 0 spiro atoms. The Morgan fingerprint density at radius 2 is 1.96 bits per heavy atom. The maximum atomic E-state index is 12.4. The Bertz CT molecular complexity index is 704. The number of hydrogen-bond donors (Lipinski definition) is 1. The molecule has 1 amide bonds. The summed E-state index contributed by atoms with van der Waals surface area (Å²) in [7, 11) is 0. The Hall–Kier alpha value is -2.32. The SMILES string of the molecule is CCC(C#N)(CC)C(=O)Nc1ccc(SCc2cccnc2)cc1. The minimum absolute atomic E-state index is 0.231. The van der Waals surface area contributed by atoms with Crippen LogP contribution in [0.3, 0.4) is 0 Å². The van der Waals surface area contributed by atoms with Gasteiger partial charge in [-0.2, -0.15) is 5.26 Å². The van der Waals surface area contributed by atoms with Gasteiger partial charge in [0.05, 0.1) is 6.07 Å². The molecule has 0 bridgehead atoms. The number of pyridine rings is 1. The zero-order chi connectivity index (χ0) is 17.4. The van der Waals surface area contributed by atoms with Gasteiger partial charge >= 0.3 is 0 Å². The Morgan fingerprint density at radius 3 is 2.50 bits per heavy atom. The van der Waals surface area contributed by atoms with Crippen molar-refractivity contribution < 1.29 is 4.79 Å². The van der Waals surface area contributed by atoms with Crippen molar-refractivity contribution >= 4 is 23.4 Å². The van der Waals surface area contributed by atoms with E-state index < -0.39 is 5.41 Å². The number of nitriles is 1. The van der Waals surface area contributed by atoms with Crippen LogP contribution in [0.1, 0.15) is 32.3 Å². The molecule has 1 aromatic carbocycles. The summed E-state index contributed by atoms with van der Waals surface area (Å²) in [5.41, 5.74) is 0.935. The third kappa shape index (κ3) is 4.36. The minimum atomic E-state index is -0.951. The first kappa shape index (κ1) is 18.0. The number of thioether (sulfide) groups is 1. The second kappa shape index (κ2) is 8.51. The highest BCUT2D eigenvalue weighted by atomic mass is 32.2. The van der Waals surface area contributed by atoms with Crippen molar-refractivity contribution in [3.63, 3.8) is 0 Å². The molecule has 0 atom stereocenters. The summed E-state index contributed by atoms with van der Waals surface area (Å²) in [5, 5.41) is 12.2. The van der Waals surface area contributed by atoms with Crippen LogP contribution in [0.2, 0.25) is 0 Å². The largest absolute Gasteiger partial charge is 0.325 e. The van der Waals surface area contributed by atoms with Gasteiger partial charge in [0.25, 0.3) is 0 Å². The monoisotopic (exact) mass is 339 g/mol. The second-order valence-electron chi connectivity index (χ2n) is 5.53. The van der Waals surface area contributed by atoms with E-state index in [0.717, 1.165) is 10.6 Å². The van der Waals surface area contributed by atoms with E-state index >= 15 is 0 Å². The van der Waals surface area contributed by atoms with E-state index in [1.54, 1.807) is 18.0 Å². The molecule has 5 heteroatoms. The molecule has 0 fully saturated rings. The molecule has 4 nitrogen and oxygen atoms in total. The van der Waals surface area contributed by atoms with E-state index in [2.05, 4.69) is 16.4 Å². The van der Waals surface area contributed by atoms with Gasteiger partial charge in [-0.3, -0.25) is 9.78 Å². The number of carbonyl (C=O) groups excluding carboxylic acids is 1. The molecule has 0 aliphatic rings. The van der Waals surface area contributed by atoms with Crippen molar-refractivity contribution in [2.75, 3.05) is 5.32 Å². The number of carbonyl (C=O) groups is 1. The predicted octanol–water partition coefficient (Wildman–Crippen LogP) is 4.64. The lowest BCUT2D eigenvalue weighted by Crippen LogP contribution is -2.33. The standard InChI is InChI=1S/C19H21N3OS/c1-3-19(4-2,14-20)18(23)22-16-7-9-17(10-8-16)24-13-15-6-5-11-21-12-15/h5-12H,3-4,13H2,1-2H3,(H,22,23). The molecule has 0 radical (unpaired) electrons. The van der Waals surface area contributed by atoms with Gasteiger partial charge in [-0.05, 0) is 48.7 Å². The third-order valence-electron chi connectivity index (χ3n) is 4.10. The molecule has 2 aromatic rings. The lowest BCUT2D eigenvalue weighted by Gasteiger charge is -2.22. The van der Waals surface area contributed by atoms with Crippen molar-refractivity contribution in [1.82, 2.24) is 4.98 Å². The maximum Gasteiger partial charge on any atom is 0.244 e. The highest BCUT2D eigenvalue weighted by Crippen LogP contribution is 2.28. The molecule has 0 saturated carbocycles. The zero-order valence-electron chi connectivity index (χ0n) is 14.0. The lowest BCUT2D eigenvalue weighted by atomic mass is 9.83. The summed E-state index contributed by atoms with van der Waals surface area (Å²) in [6.07, 6.45) is 4.63. The Balaban J connectivity index is 1.97. The molecule has 1 N–H and O–H groups in total. The van der Waals surface area contributed by atoms with Crippen LogP contribution in [0.15, 0.2) is 53.7 Å². The first-order valence-electron chi connectivity index (χ1n) is 7.98. The van der Waals surface area contributed by atoms with E-state index in [4.69, 9.17) is 0 Å². The fourth-order valence-electron chi connectivity index (χ4n) is 2.32. The first-order chi connectivity index (χ1) is 11.6. The van der Waals surface area contributed by atoms with E-state index in [0.29, 0.717) is 18.5 Å². The summed E-state index contributed by atoms with van der Waals surface area (Å²) in [6, 6.07) is 13.8. The third-order valence-corrected chi connectivity index (χ3v) is 5.18. The molecule has 24 heavy (non-hydrogen) atoms. The van der Waals surface area contributed by atoms with Gasteiger partial charge in [0.15, 0.2) is 0 Å². The number of rotatable bonds is 7. The van der Waals surface area contributed by atoms with E-state index in [1.165, 1.54) is 5.56 Å². The lowest BCUT2D eigenvalue weighted by molar-refractivity contribution is -0.123. The second-order valence-corrected chi connectivity index (χ2v) is 6.58. The van der Waals surface area contributed by atoms with Gasteiger partial charge < -0.3 is 5.32 Å². The van der Waals surface area contributed by atoms with Crippen LogP contribution in [0.25, 0.3) is 0 Å². The molecule has 2 rings (SSSR count). The van der Waals surface area contributed by atoms with Crippen molar-refractivity contribution in [1.29, 1.82) is 5.26 Å². The van der Waals surface area contributed by atoms with Crippen LogP contribution in [0.5, 0.6) is 0 Å². The number of aromatic nitrogens is 1. The predicted molar refractivity (Wildman–Crippen MR) is 97.5 cm³/mol. The molecule has 0 saturated heterocycles. The van der Waals surface area contributed by atoms with Crippen LogP contribution in [0.4, 0.5) is 5.69 Å². The quantitative estimate of drug-likeness (QED) is 0.746. The van der Waals surface area contributed by atoms with Crippen LogP contribution >= 0.6 is 11.8 Å². The minimum Gasteiger partial charge on any atom is -0.325 e. The van der Waals surface area contributed by atoms with Crippen LogP contribution < -0.4 is 5.32 Å². The Kier molecular flexibility index (Phi) is 6.39. The maximum absolute atomic E-state index is 12.4. The molecule has 1 aromatic heterocycles. The number of nitrogens with one attached hydrogen (secondary N) is 1. The van der Waals surface area contributed by atoms with Gasteiger partial charge in [-0.1, -0.05) is 19.9 Å². The average Bonchev–Trinajstić information content (AvgIpc) is 2.64. The smallest absolute Gasteiger partial charge is 0.244 e. The van der Waals surface area contributed by atoms with Gasteiger partial charge in [0.1, 0.15) is 5.41 Å². The van der Waals surface area contributed by atoms with E-state index in [-0.39, 0.29) is 5.91 Å². The summed E-state index contributed by atoms with van der Waals surface area (Å²) in [6.45, 7) is 3.73. The van der Waals surface area contributed by atoms with Crippen molar-refractivity contribution in [2.45, 2.75) is 37.3 Å². The summed E-state index contributed by atoms with van der Waals surface area (Å²) in [4.78, 5) is 17.6. The first-order valence-corrected chi connectivity index (χ1v) is 8.96. The molecular weight excluding hydrogens is 318 g/mol. The van der Waals surface area contributed by atoms with Crippen molar-refractivity contribution in [3.8, 4) is 6.07 Å². The van der Waals surface area contributed by atoms with E-state index in [9.17, 15) is 10.1 Å². The van der Waals surface area contributed by atoms with Crippen molar-refractivity contribution in [3.05, 3.63) is 54.4 Å². The summed E-state index contributed by atoms with van der Waals surface area (Å²) in [5.74, 6) is 0.619. The Morgan fingerprint density at radius 1 is 1.25 bits per heavy atom. The topological polar surface area (TPSA) is 65.8 Å². The van der Waals surface area contributed by atoms with Crippen LogP contribution in [-0.4, -0.2) is 10.9 Å². The highest BCUT2D eigenvalue weighted by Gasteiger charge is 2.34. The number of nitrogens with zero attached hydrogens (tertiary/aromatic N) is 2. The normalized spacial score (nSPS) is 10.9. The van der Waals surface area contributed by atoms with Crippen molar-refractivity contribution in [2.24, 2.45) is 5.41 Å². The summed E-state index contributed by atoms with van der Waals surface area (Å²) >= 11 is 1.72. The zero-order valence-corrected chi connectivity index (χ0v) is 14.8. The molecule has 0 unspecified atom stereocenters. The molecule has 124 valence electrons. The fourth-order valence-corrected chi connectivity index (χ4v) is 3.15. The number of anilines is 1. The Labute approximate surface area is 147 Å². The molecular formula is C19H21N3OS. The van der Waals surface area contributed by atoms with Crippen LogP contribution in [-0.2, 0) is 10.5 Å². The number of benzene rings is 1. The van der Waals surface area contributed by atoms with Gasteiger partial charge in [-0.25, -0.2) is 0 Å². The van der Waals surface area contributed by atoms with E-state index in [1.807, 2.05) is 56.4 Å². The summed E-state index contributed by atoms with van der Waals surface area (Å²) < 4.78 is 0. The molecule has 0 aliphatic carbocycles.